The molecule has 1 aliphatic carbocycles. The number of nitrogens with one attached hydrogen (secondary N) is 1. The lowest BCUT2D eigenvalue weighted by Crippen LogP contribution is -2.49. The molecular formula is C19H37IN4O3. The molecule has 1 N–H and O–H groups in total. The van der Waals surface area contributed by atoms with Crippen LogP contribution in [0.1, 0.15) is 32.1 Å². The maximum absolute atomic E-state index is 12.7. The van der Waals surface area contributed by atoms with Crippen LogP contribution in [-0.2, 0) is 14.3 Å². The Labute approximate surface area is 181 Å². The number of ether oxygens (including phenoxy) is 2. The number of likely N-dealkylation sites (tertiary alicyclic amines) is 1. The fourth-order valence-corrected chi connectivity index (χ4v) is 4.13. The van der Waals surface area contributed by atoms with Gasteiger partial charge in [-0.05, 0) is 19.3 Å². The Morgan fingerprint density at radius 3 is 2.59 bits per heavy atom. The van der Waals surface area contributed by atoms with Gasteiger partial charge in [0.05, 0.1) is 25.2 Å². The molecule has 1 unspecified atom stereocenters. The second kappa shape index (κ2) is 12.1. The molecule has 1 aliphatic heterocycles. The molecule has 0 radical (unpaired) electrons. The van der Waals surface area contributed by atoms with E-state index in [1.54, 1.807) is 12.0 Å². The molecule has 1 atom stereocenters. The van der Waals surface area contributed by atoms with Crippen molar-refractivity contribution in [2.75, 3.05) is 67.7 Å². The first kappa shape index (κ1) is 24.4. The summed E-state index contributed by atoms with van der Waals surface area (Å²) in [5, 5.41) is 3.49. The summed E-state index contributed by atoms with van der Waals surface area (Å²) < 4.78 is 10.7. The van der Waals surface area contributed by atoms with Crippen molar-refractivity contribution < 1.29 is 14.3 Å². The van der Waals surface area contributed by atoms with Crippen LogP contribution in [-0.4, -0.2) is 89.4 Å². The lowest BCUT2D eigenvalue weighted by atomic mass is 9.84. The molecule has 0 aromatic rings. The minimum Gasteiger partial charge on any atom is -0.382 e. The van der Waals surface area contributed by atoms with Crippen LogP contribution in [0.2, 0.25) is 0 Å². The zero-order valence-corrected chi connectivity index (χ0v) is 19.7. The highest BCUT2D eigenvalue weighted by molar-refractivity contribution is 14.0. The highest BCUT2D eigenvalue weighted by Gasteiger charge is 2.42. The number of amides is 1. The molecule has 1 saturated carbocycles. The maximum atomic E-state index is 12.7. The molecule has 1 amide bonds. The van der Waals surface area contributed by atoms with Gasteiger partial charge in [0.2, 0.25) is 5.91 Å². The minimum absolute atomic E-state index is 0. The third-order valence-electron chi connectivity index (χ3n) is 5.59. The minimum atomic E-state index is -0.276. The Bertz CT molecular complexity index is 482. The van der Waals surface area contributed by atoms with Crippen LogP contribution in [0.4, 0.5) is 0 Å². The lowest BCUT2D eigenvalue weighted by Gasteiger charge is -2.32. The fourth-order valence-electron chi connectivity index (χ4n) is 4.13. The molecule has 8 heteroatoms. The van der Waals surface area contributed by atoms with Crippen molar-refractivity contribution in [3.63, 3.8) is 0 Å². The van der Waals surface area contributed by atoms with E-state index in [1.807, 2.05) is 21.1 Å². The number of guanidine groups is 1. The van der Waals surface area contributed by atoms with Gasteiger partial charge in [-0.15, -0.1) is 24.0 Å². The molecule has 1 saturated heterocycles. The van der Waals surface area contributed by atoms with E-state index in [4.69, 9.17) is 9.47 Å². The highest BCUT2D eigenvalue weighted by Crippen LogP contribution is 2.39. The standard InChI is InChI=1S/C19H36N4O3.HI/c1-20-18(23-10-7-16(13-23)14-26-12-11-25-4)21-15-19(8-5-6-9-19)17(24)22(2)3;/h16H,5-15H2,1-4H3,(H,20,21);1H. The maximum Gasteiger partial charge on any atom is 0.230 e. The quantitative estimate of drug-likeness (QED) is 0.240. The predicted molar refractivity (Wildman–Crippen MR) is 119 cm³/mol. The van der Waals surface area contributed by atoms with E-state index in [-0.39, 0.29) is 35.3 Å². The Morgan fingerprint density at radius 1 is 1.30 bits per heavy atom. The molecule has 0 bridgehead atoms. The average Bonchev–Trinajstić information content (AvgIpc) is 3.29. The van der Waals surface area contributed by atoms with Crippen molar-refractivity contribution in [1.82, 2.24) is 15.1 Å². The molecule has 2 rings (SSSR count). The smallest absolute Gasteiger partial charge is 0.230 e. The Balaban J connectivity index is 0.00000364. The van der Waals surface area contributed by atoms with Crippen LogP contribution >= 0.6 is 24.0 Å². The number of rotatable bonds is 8. The topological polar surface area (TPSA) is 66.4 Å². The van der Waals surface area contributed by atoms with Gasteiger partial charge in [0, 0.05) is 53.8 Å². The molecular weight excluding hydrogens is 459 g/mol. The van der Waals surface area contributed by atoms with Gasteiger partial charge in [0.25, 0.3) is 0 Å². The summed E-state index contributed by atoms with van der Waals surface area (Å²) in [5.74, 6) is 1.67. The van der Waals surface area contributed by atoms with E-state index in [1.165, 1.54) is 0 Å². The SMILES string of the molecule is CN=C(NCC1(C(=O)N(C)C)CCCC1)N1CCC(COCCOC)C1.I. The normalized spacial score (nSPS) is 21.9. The number of halogens is 1. The first-order valence-corrected chi connectivity index (χ1v) is 9.76. The molecule has 1 heterocycles. The van der Waals surface area contributed by atoms with Gasteiger partial charge in [-0.2, -0.15) is 0 Å². The van der Waals surface area contributed by atoms with E-state index in [0.717, 1.165) is 57.8 Å². The Morgan fingerprint density at radius 2 is 2.00 bits per heavy atom. The van der Waals surface area contributed by atoms with Crippen molar-refractivity contribution in [3.05, 3.63) is 0 Å². The number of hydrogen-bond acceptors (Lipinski definition) is 4. The number of methoxy groups -OCH3 is 1. The van der Waals surface area contributed by atoms with Gasteiger partial charge in [-0.25, -0.2) is 0 Å². The summed E-state index contributed by atoms with van der Waals surface area (Å²) in [7, 11) is 7.21. The number of aliphatic imine (C=N–C) groups is 1. The number of hydrogen-bond donors (Lipinski definition) is 1. The predicted octanol–water partition coefficient (Wildman–Crippen LogP) is 1.81. The van der Waals surface area contributed by atoms with Crippen molar-refractivity contribution in [3.8, 4) is 0 Å². The monoisotopic (exact) mass is 496 g/mol. The number of carbonyl (C=O) groups is 1. The second-order valence-electron chi connectivity index (χ2n) is 7.76. The molecule has 7 nitrogen and oxygen atoms in total. The van der Waals surface area contributed by atoms with E-state index in [2.05, 4.69) is 15.2 Å². The molecule has 27 heavy (non-hydrogen) atoms. The largest absolute Gasteiger partial charge is 0.382 e. The van der Waals surface area contributed by atoms with Crippen molar-refractivity contribution >= 4 is 35.8 Å². The number of carbonyl (C=O) groups excluding carboxylic acids is 1. The van der Waals surface area contributed by atoms with Crippen LogP contribution in [0.3, 0.4) is 0 Å². The van der Waals surface area contributed by atoms with Gasteiger partial charge in [-0.1, -0.05) is 12.8 Å². The highest BCUT2D eigenvalue weighted by atomic mass is 127. The molecule has 2 fully saturated rings. The summed E-state index contributed by atoms with van der Waals surface area (Å²) in [4.78, 5) is 21.2. The van der Waals surface area contributed by atoms with Crippen molar-refractivity contribution in [2.24, 2.45) is 16.3 Å². The van der Waals surface area contributed by atoms with Crippen LogP contribution in [0.25, 0.3) is 0 Å². The Hall–Kier alpha value is -0.610. The van der Waals surface area contributed by atoms with E-state index >= 15 is 0 Å². The molecule has 2 aliphatic rings. The zero-order chi connectivity index (χ0) is 19.0. The summed E-state index contributed by atoms with van der Waals surface area (Å²) >= 11 is 0. The molecule has 0 spiro atoms. The van der Waals surface area contributed by atoms with Gasteiger partial charge in [0.15, 0.2) is 5.96 Å². The van der Waals surface area contributed by atoms with Crippen LogP contribution in [0.5, 0.6) is 0 Å². The zero-order valence-electron chi connectivity index (χ0n) is 17.3. The van der Waals surface area contributed by atoms with Crippen LogP contribution in [0, 0.1) is 11.3 Å². The van der Waals surface area contributed by atoms with E-state index < -0.39 is 0 Å². The first-order chi connectivity index (χ1) is 12.5. The van der Waals surface area contributed by atoms with E-state index in [9.17, 15) is 4.79 Å². The Kier molecular flexibility index (Phi) is 10.9. The fraction of sp³-hybridized carbons (Fsp3) is 0.895. The van der Waals surface area contributed by atoms with Gasteiger partial charge < -0.3 is 24.6 Å². The number of nitrogens with zero attached hydrogens (tertiary/aromatic N) is 3. The molecule has 0 aromatic carbocycles. The summed E-state index contributed by atoms with van der Waals surface area (Å²) in [5.41, 5.74) is -0.276. The summed E-state index contributed by atoms with van der Waals surface area (Å²) in [6.07, 6.45) is 5.29. The van der Waals surface area contributed by atoms with Crippen LogP contribution < -0.4 is 5.32 Å². The third kappa shape index (κ3) is 6.74. The first-order valence-electron chi connectivity index (χ1n) is 9.76. The summed E-state index contributed by atoms with van der Waals surface area (Å²) in [6.45, 7) is 4.65. The lowest BCUT2D eigenvalue weighted by molar-refractivity contribution is -0.138. The molecule has 158 valence electrons. The third-order valence-corrected chi connectivity index (χ3v) is 5.59. The van der Waals surface area contributed by atoms with Crippen molar-refractivity contribution in [1.29, 1.82) is 0 Å². The van der Waals surface area contributed by atoms with Crippen LogP contribution in [0.15, 0.2) is 4.99 Å². The average molecular weight is 496 g/mol. The van der Waals surface area contributed by atoms with Crippen molar-refractivity contribution in [2.45, 2.75) is 32.1 Å². The van der Waals surface area contributed by atoms with E-state index in [0.29, 0.717) is 25.7 Å². The van der Waals surface area contributed by atoms with Gasteiger partial charge in [-0.3, -0.25) is 9.79 Å². The second-order valence-corrected chi connectivity index (χ2v) is 7.76. The molecule has 0 aromatic heterocycles. The summed E-state index contributed by atoms with van der Waals surface area (Å²) in [6, 6.07) is 0. The van der Waals surface area contributed by atoms with Gasteiger partial charge in [0.1, 0.15) is 0 Å². The van der Waals surface area contributed by atoms with Gasteiger partial charge >= 0.3 is 0 Å².